The average Bonchev–Trinajstić information content (AvgIpc) is 2.89. The molecule has 2 aliphatic rings. The molecule has 1 aliphatic heterocycles. The molecule has 0 aromatic heterocycles. The molecule has 0 amide bonds. The number of carbonyl (C=O) groups excluding carboxylic acids is 2. The Labute approximate surface area is 148 Å². The number of aliphatic hydroxyl groups is 1. The second kappa shape index (κ2) is 7.85. The van der Waals surface area contributed by atoms with Crippen LogP contribution < -0.4 is 0 Å². The zero-order valence-corrected chi connectivity index (χ0v) is 14.7. The Morgan fingerprint density at radius 2 is 1.88 bits per heavy atom. The predicted octanol–water partition coefficient (Wildman–Crippen LogP) is 4.14. The van der Waals surface area contributed by atoms with Crippen molar-refractivity contribution in [3.05, 3.63) is 47.2 Å². The van der Waals surface area contributed by atoms with Crippen LogP contribution in [0.25, 0.3) is 0 Å². The largest absolute Gasteiger partial charge is 0.507 e. The molecule has 0 saturated heterocycles. The summed E-state index contributed by atoms with van der Waals surface area (Å²) in [7, 11) is 0. The quantitative estimate of drug-likeness (QED) is 0.623. The minimum absolute atomic E-state index is 0.135. The molecule has 1 aromatic rings. The predicted molar refractivity (Wildman–Crippen MR) is 95.0 cm³/mol. The fourth-order valence-electron chi connectivity index (χ4n) is 3.93. The van der Waals surface area contributed by atoms with Gasteiger partial charge in [-0.1, -0.05) is 69.4 Å². The lowest BCUT2D eigenvalue weighted by atomic mass is 9.84. The number of ether oxygens (including phenoxy) is 1. The van der Waals surface area contributed by atoms with Crippen LogP contribution in [0.1, 0.15) is 51.0 Å². The Balaban J connectivity index is 1.68. The van der Waals surface area contributed by atoms with Gasteiger partial charge in [-0.25, -0.2) is 4.79 Å². The van der Waals surface area contributed by atoms with Gasteiger partial charge in [0.15, 0.2) is 17.6 Å². The molecule has 0 bridgehead atoms. The summed E-state index contributed by atoms with van der Waals surface area (Å²) in [5.74, 6) is -1.05. The van der Waals surface area contributed by atoms with E-state index in [2.05, 4.69) is 0 Å². The first-order chi connectivity index (χ1) is 12.1. The van der Waals surface area contributed by atoms with Crippen LogP contribution in [0, 0.1) is 11.8 Å². The number of hydrogen-bond acceptors (Lipinski definition) is 4. The van der Waals surface area contributed by atoms with Gasteiger partial charge in [0.1, 0.15) is 5.57 Å². The van der Waals surface area contributed by atoms with E-state index in [1.165, 1.54) is 19.3 Å². The first-order valence-corrected chi connectivity index (χ1v) is 9.28. The molecule has 1 aliphatic carbocycles. The number of Topliss-reactive ketones (excluding diaryl/α,β-unsaturated/α-hetero) is 1. The van der Waals surface area contributed by atoms with Gasteiger partial charge in [0.25, 0.3) is 0 Å². The fourth-order valence-corrected chi connectivity index (χ4v) is 3.93. The second-order valence-electron chi connectivity index (χ2n) is 7.35. The van der Waals surface area contributed by atoms with E-state index in [-0.39, 0.29) is 23.0 Å². The molecule has 1 heterocycles. The first kappa shape index (κ1) is 17.7. The maximum Gasteiger partial charge on any atom is 0.346 e. The lowest BCUT2D eigenvalue weighted by Crippen LogP contribution is -2.20. The normalized spacial score (nSPS) is 22.8. The zero-order valence-electron chi connectivity index (χ0n) is 14.7. The molecule has 2 unspecified atom stereocenters. The molecule has 4 heteroatoms. The monoisotopic (exact) mass is 342 g/mol. The highest BCUT2D eigenvalue weighted by Gasteiger charge is 2.40. The van der Waals surface area contributed by atoms with E-state index in [1.54, 1.807) is 6.92 Å². The highest BCUT2D eigenvalue weighted by molar-refractivity contribution is 6.19. The van der Waals surface area contributed by atoms with Crippen LogP contribution in [0.15, 0.2) is 41.7 Å². The maximum absolute atomic E-state index is 12.7. The molecular formula is C21H26O4. The van der Waals surface area contributed by atoms with Gasteiger partial charge in [-0.05, 0) is 24.3 Å². The second-order valence-corrected chi connectivity index (χ2v) is 7.35. The van der Waals surface area contributed by atoms with Crippen molar-refractivity contribution in [1.82, 2.24) is 0 Å². The summed E-state index contributed by atoms with van der Waals surface area (Å²) in [5, 5.41) is 10.4. The summed E-state index contributed by atoms with van der Waals surface area (Å²) < 4.78 is 5.33. The van der Waals surface area contributed by atoms with E-state index in [1.807, 2.05) is 30.3 Å². The van der Waals surface area contributed by atoms with Crippen molar-refractivity contribution < 1.29 is 19.4 Å². The topological polar surface area (TPSA) is 63.6 Å². The van der Waals surface area contributed by atoms with Crippen LogP contribution in [-0.2, 0) is 20.7 Å². The third kappa shape index (κ3) is 4.12. The summed E-state index contributed by atoms with van der Waals surface area (Å²) in [6.07, 6.45) is 6.37. The average molecular weight is 342 g/mol. The van der Waals surface area contributed by atoms with Crippen molar-refractivity contribution in [3.63, 3.8) is 0 Å². The van der Waals surface area contributed by atoms with Crippen LogP contribution in [-0.4, -0.2) is 23.0 Å². The van der Waals surface area contributed by atoms with Crippen molar-refractivity contribution in [1.29, 1.82) is 0 Å². The van der Waals surface area contributed by atoms with Crippen LogP contribution in [0.3, 0.4) is 0 Å². The van der Waals surface area contributed by atoms with Gasteiger partial charge < -0.3 is 9.84 Å². The highest BCUT2D eigenvalue weighted by Crippen LogP contribution is 2.33. The van der Waals surface area contributed by atoms with Gasteiger partial charge in [-0.3, -0.25) is 4.79 Å². The van der Waals surface area contributed by atoms with Gasteiger partial charge >= 0.3 is 5.97 Å². The molecule has 1 N–H and O–H groups in total. The maximum atomic E-state index is 12.7. The van der Waals surface area contributed by atoms with Crippen LogP contribution in [0.5, 0.6) is 0 Å². The van der Waals surface area contributed by atoms with Crippen molar-refractivity contribution in [2.24, 2.45) is 11.8 Å². The third-order valence-electron chi connectivity index (χ3n) is 5.37. The number of hydrogen-bond donors (Lipinski definition) is 1. The number of cyclic esters (lactones) is 1. The number of esters is 1. The lowest BCUT2D eigenvalue weighted by molar-refractivity contribution is -0.142. The van der Waals surface area contributed by atoms with Gasteiger partial charge in [-0.2, -0.15) is 0 Å². The summed E-state index contributed by atoms with van der Waals surface area (Å²) in [4.78, 5) is 24.9. The fraction of sp³-hybridized carbons (Fsp3) is 0.524. The van der Waals surface area contributed by atoms with E-state index in [4.69, 9.17) is 4.74 Å². The van der Waals surface area contributed by atoms with E-state index < -0.39 is 12.1 Å². The van der Waals surface area contributed by atoms with Crippen molar-refractivity contribution in [2.75, 3.05) is 0 Å². The summed E-state index contributed by atoms with van der Waals surface area (Å²) in [6.45, 7) is 1.79. The summed E-state index contributed by atoms with van der Waals surface area (Å²) >= 11 is 0. The van der Waals surface area contributed by atoms with Gasteiger partial charge in [0.05, 0.1) is 0 Å². The van der Waals surface area contributed by atoms with Gasteiger partial charge in [0, 0.05) is 5.92 Å². The molecule has 4 nitrogen and oxygen atoms in total. The smallest absolute Gasteiger partial charge is 0.346 e. The molecular weight excluding hydrogens is 316 g/mol. The van der Waals surface area contributed by atoms with Gasteiger partial charge in [-0.15, -0.1) is 0 Å². The highest BCUT2D eigenvalue weighted by atomic mass is 16.6. The van der Waals surface area contributed by atoms with E-state index in [0.29, 0.717) is 18.8 Å². The number of aliphatic hydroxyl groups excluding tert-OH is 1. The first-order valence-electron chi connectivity index (χ1n) is 9.28. The van der Waals surface area contributed by atoms with Crippen molar-refractivity contribution >= 4 is 11.8 Å². The Kier molecular flexibility index (Phi) is 5.57. The Morgan fingerprint density at radius 3 is 2.56 bits per heavy atom. The molecule has 25 heavy (non-hydrogen) atoms. The summed E-state index contributed by atoms with van der Waals surface area (Å²) in [5.41, 5.74) is 0.901. The molecule has 134 valence electrons. The Hall–Kier alpha value is -2.10. The molecule has 3 rings (SSSR count). The SMILES string of the molecule is CC(Cc1ccccc1)C(=O)C1=C(O)C(CC2CCCCC2)OC1=O. The summed E-state index contributed by atoms with van der Waals surface area (Å²) in [6, 6.07) is 9.68. The minimum Gasteiger partial charge on any atom is -0.507 e. The molecule has 1 fully saturated rings. The standard InChI is InChI=1S/C21H26O4/c1-14(12-15-8-4-2-5-9-15)19(22)18-20(23)17(25-21(18)24)13-16-10-6-3-7-11-16/h2,4-5,8-9,14,16-17,23H,3,6-7,10-13H2,1H3. The molecule has 0 radical (unpaired) electrons. The number of ketones is 1. The lowest BCUT2D eigenvalue weighted by Gasteiger charge is -2.23. The molecule has 0 spiro atoms. The number of benzene rings is 1. The third-order valence-corrected chi connectivity index (χ3v) is 5.37. The van der Waals surface area contributed by atoms with Crippen molar-refractivity contribution in [2.45, 2.75) is 58.0 Å². The van der Waals surface area contributed by atoms with Crippen LogP contribution >= 0.6 is 0 Å². The van der Waals surface area contributed by atoms with Crippen LogP contribution in [0.2, 0.25) is 0 Å². The minimum atomic E-state index is -0.664. The van der Waals surface area contributed by atoms with E-state index in [0.717, 1.165) is 18.4 Å². The van der Waals surface area contributed by atoms with E-state index >= 15 is 0 Å². The Morgan fingerprint density at radius 1 is 1.20 bits per heavy atom. The van der Waals surface area contributed by atoms with Gasteiger partial charge in [0.2, 0.25) is 0 Å². The molecule has 2 atom stereocenters. The van der Waals surface area contributed by atoms with Crippen molar-refractivity contribution in [3.8, 4) is 0 Å². The number of rotatable bonds is 6. The molecule has 1 saturated carbocycles. The number of carbonyl (C=O) groups is 2. The zero-order chi connectivity index (χ0) is 17.8. The van der Waals surface area contributed by atoms with E-state index in [9.17, 15) is 14.7 Å². The Bertz CT molecular complexity index is 656. The molecule has 1 aromatic carbocycles. The van der Waals surface area contributed by atoms with Crippen LogP contribution in [0.4, 0.5) is 0 Å².